The lowest BCUT2D eigenvalue weighted by Gasteiger charge is -2.22. The summed E-state index contributed by atoms with van der Waals surface area (Å²) >= 11 is 0. The Morgan fingerprint density at radius 1 is 1.27 bits per heavy atom. The van der Waals surface area contributed by atoms with Gasteiger partial charge in [0.15, 0.2) is 12.1 Å². The molecule has 116 valence electrons. The van der Waals surface area contributed by atoms with Crippen LogP contribution < -0.4 is 0 Å². The molecule has 0 spiro atoms. The van der Waals surface area contributed by atoms with Crippen LogP contribution in [-0.4, -0.2) is 33.4 Å². The minimum atomic E-state index is -0.871. The van der Waals surface area contributed by atoms with Crippen molar-refractivity contribution in [2.24, 2.45) is 0 Å². The number of hydrogen-bond acceptors (Lipinski definition) is 4. The minimum Gasteiger partial charge on any atom is -0.481 e. The third-order valence-electron chi connectivity index (χ3n) is 3.27. The summed E-state index contributed by atoms with van der Waals surface area (Å²) in [5.41, 5.74) is 1.25. The molecule has 1 aromatic carbocycles. The van der Waals surface area contributed by atoms with Crippen LogP contribution in [0.25, 0.3) is 0 Å². The summed E-state index contributed by atoms with van der Waals surface area (Å²) < 4.78 is 5.08. The molecule has 2 aromatic rings. The van der Waals surface area contributed by atoms with Gasteiger partial charge in [-0.25, -0.2) is 4.98 Å². The summed E-state index contributed by atoms with van der Waals surface area (Å²) in [5.74, 6) is -0.661. The number of carbonyl (C=O) groups is 2. The number of oxazole rings is 1. The van der Waals surface area contributed by atoms with Crippen LogP contribution >= 0.6 is 0 Å². The lowest BCUT2D eigenvalue weighted by atomic mass is 10.2. The third-order valence-corrected chi connectivity index (χ3v) is 3.27. The van der Waals surface area contributed by atoms with E-state index < -0.39 is 5.97 Å². The number of aromatic nitrogens is 1. The van der Waals surface area contributed by atoms with E-state index in [0.717, 1.165) is 5.56 Å². The van der Waals surface area contributed by atoms with E-state index in [1.807, 2.05) is 30.3 Å². The number of benzene rings is 1. The third kappa shape index (κ3) is 4.18. The Hall–Kier alpha value is -2.63. The van der Waals surface area contributed by atoms with Crippen molar-refractivity contribution >= 4 is 11.9 Å². The van der Waals surface area contributed by atoms with E-state index in [0.29, 0.717) is 25.3 Å². The zero-order valence-corrected chi connectivity index (χ0v) is 12.4. The van der Waals surface area contributed by atoms with Crippen molar-refractivity contribution in [1.82, 2.24) is 9.88 Å². The summed E-state index contributed by atoms with van der Waals surface area (Å²) in [5, 5.41) is 8.75. The summed E-state index contributed by atoms with van der Waals surface area (Å²) in [6.45, 7) is 2.44. The van der Waals surface area contributed by atoms with Gasteiger partial charge in [-0.1, -0.05) is 30.3 Å². The van der Waals surface area contributed by atoms with Crippen molar-refractivity contribution in [3.63, 3.8) is 0 Å². The van der Waals surface area contributed by atoms with E-state index in [2.05, 4.69) is 4.98 Å². The zero-order valence-electron chi connectivity index (χ0n) is 12.4. The second-order valence-electron chi connectivity index (χ2n) is 4.97. The summed E-state index contributed by atoms with van der Waals surface area (Å²) in [6.07, 6.45) is 1.65. The Morgan fingerprint density at radius 3 is 2.59 bits per heavy atom. The molecular weight excluding hydrogens is 284 g/mol. The number of carboxylic acid groups (broad SMARTS) is 1. The van der Waals surface area contributed by atoms with Gasteiger partial charge in [0.25, 0.3) is 5.91 Å². The lowest BCUT2D eigenvalue weighted by molar-refractivity contribution is -0.137. The molecule has 0 unspecified atom stereocenters. The number of aliphatic carboxylic acids is 1. The summed E-state index contributed by atoms with van der Waals surface area (Å²) in [7, 11) is 0. The molecule has 6 heteroatoms. The van der Waals surface area contributed by atoms with Crippen molar-refractivity contribution in [2.75, 3.05) is 6.54 Å². The van der Waals surface area contributed by atoms with Crippen LogP contribution in [0.4, 0.5) is 0 Å². The molecule has 0 saturated heterocycles. The molecule has 1 N–H and O–H groups in total. The van der Waals surface area contributed by atoms with E-state index in [1.165, 1.54) is 6.39 Å². The van der Waals surface area contributed by atoms with Gasteiger partial charge in [0.05, 0.1) is 0 Å². The highest BCUT2D eigenvalue weighted by Crippen LogP contribution is 2.13. The molecule has 2 rings (SSSR count). The van der Waals surface area contributed by atoms with Crippen LogP contribution in [0.3, 0.4) is 0 Å². The minimum absolute atomic E-state index is 0.0242. The molecule has 0 bridgehead atoms. The van der Waals surface area contributed by atoms with Crippen molar-refractivity contribution in [1.29, 1.82) is 0 Å². The topological polar surface area (TPSA) is 83.6 Å². The maximum atomic E-state index is 12.6. The van der Waals surface area contributed by atoms with Gasteiger partial charge in [-0.15, -0.1) is 0 Å². The van der Waals surface area contributed by atoms with Gasteiger partial charge in [-0.05, 0) is 18.9 Å². The van der Waals surface area contributed by atoms with Crippen molar-refractivity contribution < 1.29 is 19.1 Å². The fraction of sp³-hybridized carbons (Fsp3) is 0.312. The summed E-state index contributed by atoms with van der Waals surface area (Å²) in [6, 6.07) is 9.55. The van der Waals surface area contributed by atoms with Gasteiger partial charge in [0.1, 0.15) is 5.76 Å². The smallest absolute Gasteiger partial charge is 0.303 e. The first-order valence-electron chi connectivity index (χ1n) is 7.03. The molecule has 6 nitrogen and oxygen atoms in total. The number of carbonyl (C=O) groups excluding carboxylic acids is 1. The van der Waals surface area contributed by atoms with E-state index in [-0.39, 0.29) is 18.0 Å². The molecule has 22 heavy (non-hydrogen) atoms. The van der Waals surface area contributed by atoms with Crippen molar-refractivity contribution in [2.45, 2.75) is 26.3 Å². The Morgan fingerprint density at radius 2 is 2.00 bits per heavy atom. The Balaban J connectivity index is 2.12. The average Bonchev–Trinajstić information content (AvgIpc) is 2.92. The molecule has 0 fully saturated rings. The molecule has 0 aliphatic heterocycles. The van der Waals surface area contributed by atoms with Gasteiger partial charge in [-0.3, -0.25) is 9.59 Å². The lowest BCUT2D eigenvalue weighted by Crippen LogP contribution is -2.32. The van der Waals surface area contributed by atoms with E-state index in [4.69, 9.17) is 9.52 Å². The second kappa shape index (κ2) is 7.40. The fourth-order valence-corrected chi connectivity index (χ4v) is 2.14. The monoisotopic (exact) mass is 302 g/mol. The van der Waals surface area contributed by atoms with Crippen molar-refractivity contribution in [3.8, 4) is 0 Å². The standard InChI is InChI=1S/C16H18N2O4/c1-12-15(17-11-22-12)16(21)18(9-5-8-14(19)20)10-13-6-3-2-4-7-13/h2-4,6-7,11H,5,8-10H2,1H3,(H,19,20). The van der Waals surface area contributed by atoms with Crippen LogP contribution in [-0.2, 0) is 11.3 Å². The van der Waals surface area contributed by atoms with E-state index in [1.54, 1.807) is 11.8 Å². The number of aryl methyl sites for hydroxylation is 1. The molecule has 1 aromatic heterocycles. The van der Waals surface area contributed by atoms with Crippen LogP contribution in [0, 0.1) is 6.92 Å². The predicted molar refractivity (Wildman–Crippen MR) is 79.3 cm³/mol. The molecular formula is C16H18N2O4. The van der Waals surface area contributed by atoms with Gasteiger partial charge in [0.2, 0.25) is 0 Å². The SMILES string of the molecule is Cc1ocnc1C(=O)N(CCCC(=O)O)Cc1ccccc1. The van der Waals surface area contributed by atoms with Gasteiger partial charge < -0.3 is 14.4 Å². The first-order valence-corrected chi connectivity index (χ1v) is 7.03. The maximum Gasteiger partial charge on any atom is 0.303 e. The average molecular weight is 302 g/mol. The van der Waals surface area contributed by atoms with Crippen LogP contribution in [0.5, 0.6) is 0 Å². The van der Waals surface area contributed by atoms with Gasteiger partial charge >= 0.3 is 5.97 Å². The second-order valence-corrected chi connectivity index (χ2v) is 4.97. The number of carboxylic acids is 1. The maximum absolute atomic E-state index is 12.6. The fourth-order valence-electron chi connectivity index (χ4n) is 2.14. The molecule has 0 atom stereocenters. The van der Waals surface area contributed by atoms with Gasteiger partial charge in [-0.2, -0.15) is 0 Å². The summed E-state index contributed by atoms with van der Waals surface area (Å²) in [4.78, 5) is 28.8. The number of hydrogen-bond donors (Lipinski definition) is 1. The molecule has 0 aliphatic carbocycles. The normalized spacial score (nSPS) is 10.4. The Bertz CT molecular complexity index is 637. The molecule has 0 aliphatic rings. The number of nitrogens with zero attached hydrogens (tertiary/aromatic N) is 2. The highest BCUT2D eigenvalue weighted by Gasteiger charge is 2.21. The molecule has 0 radical (unpaired) electrons. The largest absolute Gasteiger partial charge is 0.481 e. The molecule has 0 saturated carbocycles. The van der Waals surface area contributed by atoms with Crippen LogP contribution in [0.2, 0.25) is 0 Å². The Kier molecular flexibility index (Phi) is 5.30. The van der Waals surface area contributed by atoms with E-state index >= 15 is 0 Å². The number of amides is 1. The quantitative estimate of drug-likeness (QED) is 0.849. The first kappa shape index (κ1) is 15.8. The zero-order chi connectivity index (χ0) is 15.9. The predicted octanol–water partition coefficient (Wildman–Crippen LogP) is 2.49. The molecule has 1 heterocycles. The van der Waals surface area contributed by atoms with Crippen LogP contribution in [0.1, 0.15) is 34.7 Å². The Labute approximate surface area is 128 Å². The van der Waals surface area contributed by atoms with E-state index in [9.17, 15) is 9.59 Å². The number of rotatable bonds is 7. The highest BCUT2D eigenvalue weighted by atomic mass is 16.4. The highest BCUT2D eigenvalue weighted by molar-refractivity contribution is 5.93. The van der Waals surface area contributed by atoms with Gasteiger partial charge in [0, 0.05) is 19.5 Å². The first-order chi connectivity index (χ1) is 10.6. The van der Waals surface area contributed by atoms with Crippen LogP contribution in [0.15, 0.2) is 41.1 Å². The van der Waals surface area contributed by atoms with Crippen molar-refractivity contribution in [3.05, 3.63) is 53.7 Å². The molecule has 1 amide bonds.